The van der Waals surface area contributed by atoms with E-state index in [1.807, 2.05) is 4.90 Å². The molecule has 138 valence electrons. The fraction of sp³-hybridized carbons (Fsp3) is 0.647. The Bertz CT molecular complexity index is 709. The number of piperazine rings is 1. The minimum absolute atomic E-state index is 0.0261. The van der Waals surface area contributed by atoms with Crippen LogP contribution in [0.1, 0.15) is 17.4 Å². The molecule has 2 aromatic heterocycles. The van der Waals surface area contributed by atoms with Crippen LogP contribution in [0.4, 0.5) is 11.8 Å². The number of aryl methyl sites for hydroxylation is 2. The van der Waals surface area contributed by atoms with Gasteiger partial charge in [-0.2, -0.15) is 4.98 Å². The van der Waals surface area contributed by atoms with Gasteiger partial charge in [0.25, 0.3) is 0 Å². The van der Waals surface area contributed by atoms with E-state index in [0.29, 0.717) is 13.1 Å². The number of nitrogens with one attached hydrogen (secondary N) is 1. The van der Waals surface area contributed by atoms with Gasteiger partial charge in [-0.05, 0) is 18.9 Å². The van der Waals surface area contributed by atoms with Crippen LogP contribution in [0.15, 0.2) is 0 Å². The van der Waals surface area contributed by atoms with Gasteiger partial charge < -0.3 is 25.3 Å². The molecule has 8 heteroatoms. The van der Waals surface area contributed by atoms with E-state index in [1.54, 1.807) is 11.3 Å². The fourth-order valence-electron chi connectivity index (χ4n) is 3.29. The topological polar surface area (TPSA) is 84.8 Å². The minimum Gasteiger partial charge on any atom is -0.395 e. The van der Waals surface area contributed by atoms with Crippen molar-refractivity contribution in [2.45, 2.75) is 20.3 Å². The maximum absolute atomic E-state index is 9.45. The molecule has 1 saturated heterocycles. The largest absolute Gasteiger partial charge is 0.395 e. The molecule has 1 aliphatic rings. The monoisotopic (exact) mass is 365 g/mol. The third kappa shape index (κ3) is 3.72. The fourth-order valence-corrected chi connectivity index (χ4v) is 4.40. The molecule has 0 aromatic carbocycles. The molecule has 1 fully saturated rings. The number of aliphatic hydroxyl groups is 2. The van der Waals surface area contributed by atoms with Crippen molar-refractivity contribution in [1.29, 1.82) is 0 Å². The molecule has 0 aliphatic carbocycles. The predicted octanol–water partition coefficient (Wildman–Crippen LogP) is 0.763. The molecule has 3 N–H and O–H groups in total. The van der Waals surface area contributed by atoms with Crippen molar-refractivity contribution in [2.75, 3.05) is 62.3 Å². The zero-order chi connectivity index (χ0) is 17.8. The smallest absolute Gasteiger partial charge is 0.228 e. The van der Waals surface area contributed by atoms with Crippen LogP contribution in [0.2, 0.25) is 0 Å². The van der Waals surface area contributed by atoms with Crippen LogP contribution < -0.4 is 15.1 Å². The van der Waals surface area contributed by atoms with Gasteiger partial charge >= 0.3 is 0 Å². The molecule has 1 aliphatic heterocycles. The molecule has 0 spiro atoms. The first-order valence-corrected chi connectivity index (χ1v) is 9.73. The molecule has 7 nitrogen and oxygen atoms in total. The van der Waals surface area contributed by atoms with Gasteiger partial charge in [0.2, 0.25) is 5.95 Å². The first kappa shape index (κ1) is 18.3. The van der Waals surface area contributed by atoms with Crippen molar-refractivity contribution in [2.24, 2.45) is 0 Å². The second-order valence-corrected chi connectivity index (χ2v) is 7.29. The van der Waals surface area contributed by atoms with E-state index < -0.39 is 0 Å². The zero-order valence-electron chi connectivity index (χ0n) is 15.0. The molecule has 3 heterocycles. The van der Waals surface area contributed by atoms with E-state index in [1.165, 1.54) is 10.4 Å². The van der Waals surface area contributed by atoms with Crippen LogP contribution in [0, 0.1) is 6.92 Å². The number of aliphatic hydroxyl groups excluding tert-OH is 2. The summed E-state index contributed by atoms with van der Waals surface area (Å²) in [5, 5.41) is 23.3. The minimum atomic E-state index is 0.0261. The Morgan fingerprint density at radius 1 is 1.16 bits per heavy atom. The summed E-state index contributed by atoms with van der Waals surface area (Å²) in [6, 6.07) is 0. The van der Waals surface area contributed by atoms with Gasteiger partial charge in [0.1, 0.15) is 10.6 Å². The molecule has 0 unspecified atom stereocenters. The molecule has 2 aromatic rings. The van der Waals surface area contributed by atoms with E-state index in [0.717, 1.165) is 54.6 Å². The Morgan fingerprint density at radius 2 is 1.84 bits per heavy atom. The lowest BCUT2D eigenvalue weighted by atomic mass is 10.1. The average molecular weight is 366 g/mol. The van der Waals surface area contributed by atoms with Gasteiger partial charge in [0.05, 0.1) is 18.6 Å². The number of nitrogens with zero attached hydrogens (tertiary/aromatic N) is 4. The first-order valence-electron chi connectivity index (χ1n) is 8.92. The Kier molecular flexibility index (Phi) is 6.06. The normalized spacial score (nSPS) is 15.1. The van der Waals surface area contributed by atoms with Crippen molar-refractivity contribution >= 4 is 33.3 Å². The van der Waals surface area contributed by atoms with Crippen molar-refractivity contribution < 1.29 is 10.2 Å². The van der Waals surface area contributed by atoms with Crippen molar-refractivity contribution in [3.63, 3.8) is 0 Å². The van der Waals surface area contributed by atoms with E-state index in [-0.39, 0.29) is 13.2 Å². The summed E-state index contributed by atoms with van der Waals surface area (Å²) < 4.78 is 0. The SMILES string of the molecule is CCc1sc2nc(N3CCNCC3)nc(N(CCO)CCO)c2c1C. The molecule has 0 bridgehead atoms. The number of fused-ring (bicyclic) bond motifs is 1. The van der Waals surface area contributed by atoms with Crippen LogP contribution in [0.5, 0.6) is 0 Å². The highest BCUT2D eigenvalue weighted by molar-refractivity contribution is 7.19. The lowest BCUT2D eigenvalue weighted by molar-refractivity contribution is 0.281. The summed E-state index contributed by atoms with van der Waals surface area (Å²) in [4.78, 5) is 16.2. The highest BCUT2D eigenvalue weighted by Gasteiger charge is 2.22. The van der Waals surface area contributed by atoms with E-state index >= 15 is 0 Å². The quantitative estimate of drug-likeness (QED) is 0.668. The predicted molar refractivity (Wildman–Crippen MR) is 103 cm³/mol. The van der Waals surface area contributed by atoms with Crippen LogP contribution >= 0.6 is 11.3 Å². The number of hydrogen-bond acceptors (Lipinski definition) is 8. The third-order valence-electron chi connectivity index (χ3n) is 4.62. The van der Waals surface area contributed by atoms with Gasteiger partial charge in [0, 0.05) is 44.1 Å². The Balaban J connectivity index is 2.13. The molecular formula is C17H27N5O2S. The maximum atomic E-state index is 9.45. The van der Waals surface area contributed by atoms with Gasteiger partial charge in [-0.3, -0.25) is 0 Å². The summed E-state index contributed by atoms with van der Waals surface area (Å²) in [7, 11) is 0. The third-order valence-corrected chi connectivity index (χ3v) is 5.95. The average Bonchev–Trinajstić information content (AvgIpc) is 2.97. The number of aromatic nitrogens is 2. The van der Waals surface area contributed by atoms with Crippen molar-refractivity contribution in [3.8, 4) is 0 Å². The first-order chi connectivity index (χ1) is 12.2. The van der Waals surface area contributed by atoms with Gasteiger partial charge in [-0.15, -0.1) is 11.3 Å². The summed E-state index contributed by atoms with van der Waals surface area (Å²) >= 11 is 1.72. The van der Waals surface area contributed by atoms with E-state index in [9.17, 15) is 10.2 Å². The van der Waals surface area contributed by atoms with Gasteiger partial charge in [-0.25, -0.2) is 4.98 Å². The molecule has 3 rings (SSSR count). The number of hydrogen-bond donors (Lipinski definition) is 3. The van der Waals surface area contributed by atoms with Crippen LogP contribution in [0.25, 0.3) is 10.2 Å². The second kappa shape index (κ2) is 8.27. The zero-order valence-corrected chi connectivity index (χ0v) is 15.8. The summed E-state index contributed by atoms with van der Waals surface area (Å²) in [5.74, 6) is 1.57. The number of rotatable bonds is 7. The Labute approximate surface area is 152 Å². The standard InChI is InChI=1S/C17H27N5O2S/c1-3-13-12(2)14-15(21(8-10-23)9-11-24)19-17(20-16(14)25-13)22-6-4-18-5-7-22/h18,23-24H,3-11H2,1-2H3. The number of anilines is 2. The van der Waals surface area contributed by atoms with Gasteiger partial charge in [-0.1, -0.05) is 6.92 Å². The second-order valence-electron chi connectivity index (χ2n) is 6.20. The Morgan fingerprint density at radius 3 is 2.44 bits per heavy atom. The molecule has 0 saturated carbocycles. The highest BCUT2D eigenvalue weighted by Crippen LogP contribution is 2.37. The molecule has 25 heavy (non-hydrogen) atoms. The molecule has 0 radical (unpaired) electrons. The summed E-state index contributed by atoms with van der Waals surface area (Å²) in [5.41, 5.74) is 1.21. The number of thiophene rings is 1. The maximum Gasteiger partial charge on any atom is 0.228 e. The van der Waals surface area contributed by atoms with E-state index in [2.05, 4.69) is 24.1 Å². The van der Waals surface area contributed by atoms with Crippen LogP contribution in [0.3, 0.4) is 0 Å². The van der Waals surface area contributed by atoms with Crippen molar-refractivity contribution in [3.05, 3.63) is 10.4 Å². The molecule has 0 atom stereocenters. The lowest BCUT2D eigenvalue weighted by Crippen LogP contribution is -2.44. The van der Waals surface area contributed by atoms with Crippen LogP contribution in [-0.4, -0.2) is 72.7 Å². The van der Waals surface area contributed by atoms with Gasteiger partial charge in [0.15, 0.2) is 0 Å². The van der Waals surface area contributed by atoms with Crippen molar-refractivity contribution in [1.82, 2.24) is 15.3 Å². The highest BCUT2D eigenvalue weighted by atomic mass is 32.1. The summed E-state index contributed by atoms with van der Waals surface area (Å²) in [6.45, 7) is 8.85. The summed E-state index contributed by atoms with van der Waals surface area (Å²) in [6.07, 6.45) is 0.968. The Hall–Kier alpha value is -1.48. The van der Waals surface area contributed by atoms with Crippen LogP contribution in [-0.2, 0) is 6.42 Å². The molecule has 0 amide bonds. The lowest BCUT2D eigenvalue weighted by Gasteiger charge is -2.29. The van der Waals surface area contributed by atoms with E-state index in [4.69, 9.17) is 9.97 Å². The molecular weight excluding hydrogens is 338 g/mol.